The minimum absolute atomic E-state index is 0.0413. The standard InChI is InChI=1S/C19H23N3O3/c1-19-10-9-17(24)22(19)15-7-3-2-6-14(15)18(25)21(19)13-4-8-16(23)20-11-5-12-20/h2-3,6-7H,4-5,8-13H2,1H3. The van der Waals surface area contributed by atoms with E-state index in [2.05, 4.69) is 0 Å². The molecule has 3 amide bonds. The van der Waals surface area contributed by atoms with Crippen LogP contribution in [-0.2, 0) is 9.59 Å². The summed E-state index contributed by atoms with van der Waals surface area (Å²) in [6.45, 7) is 4.17. The second kappa shape index (κ2) is 5.86. The number of nitrogens with zero attached hydrogens (tertiary/aromatic N) is 3. The number of carbonyl (C=O) groups excluding carboxylic acids is 3. The minimum Gasteiger partial charge on any atom is -0.343 e. The van der Waals surface area contributed by atoms with E-state index >= 15 is 0 Å². The molecular formula is C19H23N3O3. The van der Waals surface area contributed by atoms with Crippen LogP contribution in [-0.4, -0.2) is 52.8 Å². The van der Waals surface area contributed by atoms with E-state index in [1.54, 1.807) is 15.9 Å². The molecule has 0 aliphatic carbocycles. The fourth-order valence-corrected chi connectivity index (χ4v) is 4.15. The zero-order valence-corrected chi connectivity index (χ0v) is 14.5. The van der Waals surface area contributed by atoms with Crippen molar-refractivity contribution < 1.29 is 14.4 Å². The van der Waals surface area contributed by atoms with E-state index in [1.807, 2.05) is 30.0 Å². The van der Waals surface area contributed by atoms with Gasteiger partial charge in [-0.2, -0.15) is 0 Å². The smallest absolute Gasteiger partial charge is 0.257 e. The van der Waals surface area contributed by atoms with Crippen molar-refractivity contribution in [3.63, 3.8) is 0 Å². The van der Waals surface area contributed by atoms with Crippen molar-refractivity contribution >= 4 is 23.4 Å². The summed E-state index contributed by atoms with van der Waals surface area (Å²) >= 11 is 0. The Labute approximate surface area is 147 Å². The average molecular weight is 341 g/mol. The Morgan fingerprint density at radius 1 is 1.20 bits per heavy atom. The Balaban J connectivity index is 1.55. The van der Waals surface area contributed by atoms with Crippen LogP contribution in [0.2, 0.25) is 0 Å². The summed E-state index contributed by atoms with van der Waals surface area (Å²) in [5.74, 6) is 0.185. The molecule has 1 aromatic rings. The number of carbonyl (C=O) groups is 3. The lowest BCUT2D eigenvalue weighted by molar-refractivity contribution is -0.134. The fraction of sp³-hybridized carbons (Fsp3) is 0.526. The molecule has 3 aliphatic rings. The lowest BCUT2D eigenvalue weighted by Crippen LogP contribution is -2.62. The highest BCUT2D eigenvalue weighted by Crippen LogP contribution is 2.44. The lowest BCUT2D eigenvalue weighted by Gasteiger charge is -2.48. The molecule has 0 N–H and O–H groups in total. The summed E-state index contributed by atoms with van der Waals surface area (Å²) in [6, 6.07) is 7.31. The molecule has 1 atom stereocenters. The van der Waals surface area contributed by atoms with Crippen molar-refractivity contribution in [1.29, 1.82) is 0 Å². The number of anilines is 1. The number of hydrogen-bond donors (Lipinski definition) is 0. The second-order valence-electron chi connectivity index (χ2n) is 7.26. The predicted molar refractivity (Wildman–Crippen MR) is 93.0 cm³/mol. The van der Waals surface area contributed by atoms with Crippen molar-refractivity contribution in [2.75, 3.05) is 24.5 Å². The van der Waals surface area contributed by atoms with Crippen LogP contribution >= 0.6 is 0 Å². The van der Waals surface area contributed by atoms with Gasteiger partial charge >= 0.3 is 0 Å². The summed E-state index contributed by atoms with van der Waals surface area (Å²) < 4.78 is 0. The summed E-state index contributed by atoms with van der Waals surface area (Å²) in [6.07, 6.45) is 3.24. The molecule has 0 radical (unpaired) electrons. The average Bonchev–Trinajstić information content (AvgIpc) is 2.85. The van der Waals surface area contributed by atoms with Gasteiger partial charge in [-0.25, -0.2) is 0 Å². The van der Waals surface area contributed by atoms with E-state index in [4.69, 9.17) is 0 Å². The molecule has 1 aromatic carbocycles. The summed E-state index contributed by atoms with van der Waals surface area (Å²) in [5, 5.41) is 0. The normalized spacial score (nSPS) is 24.9. The van der Waals surface area contributed by atoms with Gasteiger partial charge in [0.2, 0.25) is 11.8 Å². The van der Waals surface area contributed by atoms with Crippen molar-refractivity contribution in [2.45, 2.75) is 44.7 Å². The molecule has 6 heteroatoms. The van der Waals surface area contributed by atoms with Crippen LogP contribution < -0.4 is 4.90 Å². The largest absolute Gasteiger partial charge is 0.343 e. The van der Waals surface area contributed by atoms with Crippen molar-refractivity contribution in [1.82, 2.24) is 9.80 Å². The van der Waals surface area contributed by atoms with Gasteiger partial charge in [-0.1, -0.05) is 12.1 Å². The first-order chi connectivity index (χ1) is 12.0. The van der Waals surface area contributed by atoms with Gasteiger partial charge in [-0.3, -0.25) is 19.3 Å². The minimum atomic E-state index is -0.623. The lowest BCUT2D eigenvalue weighted by atomic mass is 9.97. The summed E-state index contributed by atoms with van der Waals surface area (Å²) in [5.41, 5.74) is 0.664. The Hall–Kier alpha value is -2.37. The topological polar surface area (TPSA) is 60.9 Å². The van der Waals surface area contributed by atoms with E-state index in [9.17, 15) is 14.4 Å². The molecule has 4 rings (SSSR count). The van der Waals surface area contributed by atoms with Crippen LogP contribution in [0.5, 0.6) is 0 Å². The zero-order valence-electron chi connectivity index (χ0n) is 14.5. The first-order valence-corrected chi connectivity index (χ1v) is 9.04. The molecule has 0 saturated carbocycles. The van der Waals surface area contributed by atoms with E-state index in [0.29, 0.717) is 43.5 Å². The number of amides is 3. The van der Waals surface area contributed by atoms with Gasteiger partial charge < -0.3 is 9.80 Å². The third-order valence-corrected chi connectivity index (χ3v) is 5.73. The summed E-state index contributed by atoms with van der Waals surface area (Å²) in [7, 11) is 0. The Kier molecular flexibility index (Phi) is 3.78. The molecule has 25 heavy (non-hydrogen) atoms. The van der Waals surface area contributed by atoms with E-state index < -0.39 is 5.66 Å². The van der Waals surface area contributed by atoms with Gasteiger partial charge in [0.25, 0.3) is 5.91 Å². The summed E-state index contributed by atoms with van der Waals surface area (Å²) in [4.78, 5) is 43.0. The van der Waals surface area contributed by atoms with Gasteiger partial charge in [0.15, 0.2) is 0 Å². The SMILES string of the molecule is CC12CCC(=O)N1c1ccccc1C(=O)N2CCCC(=O)N1CCC1. The van der Waals surface area contributed by atoms with Gasteiger partial charge in [-0.05, 0) is 38.3 Å². The zero-order chi connectivity index (χ0) is 17.6. The van der Waals surface area contributed by atoms with Gasteiger partial charge in [-0.15, -0.1) is 0 Å². The number of likely N-dealkylation sites (tertiary alicyclic amines) is 1. The molecule has 0 spiro atoms. The third-order valence-electron chi connectivity index (χ3n) is 5.73. The van der Waals surface area contributed by atoms with E-state index in [1.165, 1.54) is 0 Å². The molecule has 2 fully saturated rings. The van der Waals surface area contributed by atoms with E-state index in [-0.39, 0.29) is 17.7 Å². The van der Waals surface area contributed by atoms with Crippen LogP contribution in [0, 0.1) is 0 Å². The molecule has 3 aliphatic heterocycles. The first-order valence-electron chi connectivity index (χ1n) is 9.04. The van der Waals surface area contributed by atoms with Gasteiger partial charge in [0, 0.05) is 32.5 Å². The number of hydrogen-bond acceptors (Lipinski definition) is 3. The number of rotatable bonds is 4. The predicted octanol–water partition coefficient (Wildman–Crippen LogP) is 2.00. The van der Waals surface area contributed by atoms with Gasteiger partial charge in [0.1, 0.15) is 5.66 Å². The maximum absolute atomic E-state index is 13.0. The molecule has 2 saturated heterocycles. The molecular weight excluding hydrogens is 318 g/mol. The molecule has 1 unspecified atom stereocenters. The Morgan fingerprint density at radius 2 is 1.96 bits per heavy atom. The molecule has 3 heterocycles. The van der Waals surface area contributed by atoms with Crippen LogP contribution in [0.3, 0.4) is 0 Å². The monoisotopic (exact) mass is 341 g/mol. The maximum Gasteiger partial charge on any atom is 0.257 e. The maximum atomic E-state index is 13.0. The van der Waals surface area contributed by atoms with Crippen LogP contribution in [0.4, 0.5) is 5.69 Å². The van der Waals surface area contributed by atoms with Crippen molar-refractivity contribution in [2.24, 2.45) is 0 Å². The third kappa shape index (κ3) is 2.42. The van der Waals surface area contributed by atoms with Crippen molar-refractivity contribution in [3.05, 3.63) is 29.8 Å². The highest BCUT2D eigenvalue weighted by Gasteiger charge is 2.52. The van der Waals surface area contributed by atoms with E-state index in [0.717, 1.165) is 19.5 Å². The molecule has 6 nitrogen and oxygen atoms in total. The quantitative estimate of drug-likeness (QED) is 0.841. The fourth-order valence-electron chi connectivity index (χ4n) is 4.15. The van der Waals surface area contributed by atoms with Crippen LogP contribution in [0.25, 0.3) is 0 Å². The second-order valence-corrected chi connectivity index (χ2v) is 7.26. The van der Waals surface area contributed by atoms with Gasteiger partial charge in [0.05, 0.1) is 11.3 Å². The highest BCUT2D eigenvalue weighted by molar-refractivity contribution is 6.10. The molecule has 0 bridgehead atoms. The van der Waals surface area contributed by atoms with Crippen LogP contribution in [0.1, 0.15) is 49.4 Å². The highest BCUT2D eigenvalue weighted by atomic mass is 16.2. The number of benzene rings is 1. The first kappa shape index (κ1) is 16.1. The van der Waals surface area contributed by atoms with Crippen LogP contribution in [0.15, 0.2) is 24.3 Å². The molecule has 0 aromatic heterocycles. The van der Waals surface area contributed by atoms with Crippen molar-refractivity contribution in [3.8, 4) is 0 Å². The number of para-hydroxylation sites is 1. The Morgan fingerprint density at radius 3 is 2.68 bits per heavy atom. The number of fused-ring (bicyclic) bond motifs is 3. The Bertz CT molecular complexity index is 743. The molecule has 132 valence electrons.